The van der Waals surface area contributed by atoms with E-state index in [4.69, 9.17) is 0 Å². The van der Waals surface area contributed by atoms with Gasteiger partial charge in [0.1, 0.15) is 0 Å². The summed E-state index contributed by atoms with van der Waals surface area (Å²) in [5.41, 5.74) is 0.816. The normalized spacial score (nSPS) is 9.91. The molecule has 0 atom stereocenters. The molecule has 2 rings (SSSR count). The van der Waals surface area contributed by atoms with Crippen LogP contribution in [0.3, 0.4) is 0 Å². The van der Waals surface area contributed by atoms with E-state index in [-0.39, 0.29) is 22.5 Å². The number of rotatable bonds is 4. The first-order chi connectivity index (χ1) is 10.6. The first-order valence-corrected chi connectivity index (χ1v) is 6.49. The van der Waals surface area contributed by atoms with E-state index < -0.39 is 11.9 Å². The van der Waals surface area contributed by atoms with Crippen LogP contribution in [0.5, 0.6) is 0 Å². The molecule has 0 radical (unpaired) electrons. The van der Waals surface area contributed by atoms with Crippen molar-refractivity contribution >= 4 is 17.7 Å². The zero-order valence-electron chi connectivity index (χ0n) is 12.2. The van der Waals surface area contributed by atoms with Gasteiger partial charge in [-0.1, -0.05) is 30.3 Å². The van der Waals surface area contributed by atoms with Gasteiger partial charge in [-0.05, 0) is 18.2 Å². The van der Waals surface area contributed by atoms with Gasteiger partial charge in [0.15, 0.2) is 5.78 Å². The lowest BCUT2D eigenvalue weighted by Gasteiger charge is -2.09. The Balaban J connectivity index is 2.53. The molecule has 0 aromatic heterocycles. The molecule has 5 heteroatoms. The maximum atomic E-state index is 12.5. The van der Waals surface area contributed by atoms with E-state index in [1.807, 2.05) is 0 Å². The van der Waals surface area contributed by atoms with Gasteiger partial charge in [-0.25, -0.2) is 9.59 Å². The number of benzene rings is 2. The Kier molecular flexibility index (Phi) is 4.68. The number of hydrogen-bond acceptors (Lipinski definition) is 5. The van der Waals surface area contributed by atoms with Crippen LogP contribution in [0.1, 0.15) is 36.6 Å². The lowest BCUT2D eigenvalue weighted by Crippen LogP contribution is -2.13. The highest BCUT2D eigenvalue weighted by molar-refractivity contribution is 6.15. The summed E-state index contributed by atoms with van der Waals surface area (Å²) in [4.78, 5) is 36.0. The quantitative estimate of drug-likeness (QED) is 0.640. The summed E-state index contributed by atoms with van der Waals surface area (Å²) in [6.45, 7) is 0. The fourth-order valence-electron chi connectivity index (χ4n) is 2.01. The summed E-state index contributed by atoms with van der Waals surface area (Å²) in [7, 11) is 2.45. The predicted octanol–water partition coefficient (Wildman–Crippen LogP) is 2.49. The molecule has 2 aromatic carbocycles. The third kappa shape index (κ3) is 3.03. The Hall–Kier alpha value is -2.95. The highest BCUT2D eigenvalue weighted by Crippen LogP contribution is 2.18. The lowest BCUT2D eigenvalue weighted by molar-refractivity contribution is 0.0596. The second kappa shape index (κ2) is 6.67. The third-order valence-corrected chi connectivity index (χ3v) is 3.13. The minimum Gasteiger partial charge on any atom is -0.465 e. The summed E-state index contributed by atoms with van der Waals surface area (Å²) >= 11 is 0. The monoisotopic (exact) mass is 298 g/mol. The van der Waals surface area contributed by atoms with Gasteiger partial charge in [-0.2, -0.15) is 0 Å². The van der Waals surface area contributed by atoms with Gasteiger partial charge in [0.25, 0.3) is 0 Å². The summed E-state index contributed by atoms with van der Waals surface area (Å²) in [5.74, 6) is -1.61. The fraction of sp³-hybridized carbons (Fsp3) is 0.118. The highest BCUT2D eigenvalue weighted by atomic mass is 16.5. The van der Waals surface area contributed by atoms with Gasteiger partial charge in [-0.3, -0.25) is 4.79 Å². The average molecular weight is 298 g/mol. The van der Waals surface area contributed by atoms with E-state index in [1.54, 1.807) is 30.3 Å². The molecule has 0 saturated carbocycles. The molecule has 0 amide bonds. The third-order valence-electron chi connectivity index (χ3n) is 3.13. The van der Waals surface area contributed by atoms with E-state index in [1.165, 1.54) is 32.4 Å². The SMILES string of the molecule is COC(=O)c1ccc(C(=O)c2ccccc2)c(C(=O)OC)c1. The Morgan fingerprint density at radius 2 is 1.36 bits per heavy atom. The number of carbonyl (C=O) groups is 3. The molecule has 0 bridgehead atoms. The topological polar surface area (TPSA) is 69.7 Å². The Morgan fingerprint density at radius 3 is 1.95 bits per heavy atom. The second-order valence-electron chi connectivity index (χ2n) is 4.44. The van der Waals surface area contributed by atoms with Crippen molar-refractivity contribution in [2.45, 2.75) is 0 Å². The molecule has 22 heavy (non-hydrogen) atoms. The maximum Gasteiger partial charge on any atom is 0.338 e. The van der Waals surface area contributed by atoms with Crippen LogP contribution >= 0.6 is 0 Å². The Morgan fingerprint density at radius 1 is 0.727 bits per heavy atom. The van der Waals surface area contributed by atoms with Crippen molar-refractivity contribution in [1.82, 2.24) is 0 Å². The highest BCUT2D eigenvalue weighted by Gasteiger charge is 2.21. The number of hydrogen-bond donors (Lipinski definition) is 0. The van der Waals surface area contributed by atoms with E-state index in [0.717, 1.165) is 0 Å². The molecule has 0 aliphatic carbocycles. The zero-order chi connectivity index (χ0) is 16.1. The molecule has 0 aliphatic heterocycles. The fourth-order valence-corrected chi connectivity index (χ4v) is 2.01. The molecule has 0 unspecified atom stereocenters. The van der Waals surface area contributed by atoms with Gasteiger partial charge in [0.2, 0.25) is 0 Å². The molecular weight excluding hydrogens is 284 g/mol. The molecule has 5 nitrogen and oxygen atoms in total. The molecule has 0 N–H and O–H groups in total. The van der Waals surface area contributed by atoms with Crippen molar-refractivity contribution < 1.29 is 23.9 Å². The van der Waals surface area contributed by atoms with Crippen LogP contribution in [0, 0.1) is 0 Å². The van der Waals surface area contributed by atoms with Gasteiger partial charge >= 0.3 is 11.9 Å². The number of methoxy groups -OCH3 is 2. The van der Waals surface area contributed by atoms with Gasteiger partial charge in [0.05, 0.1) is 25.3 Å². The van der Waals surface area contributed by atoms with E-state index in [9.17, 15) is 14.4 Å². The van der Waals surface area contributed by atoms with Crippen molar-refractivity contribution in [2.24, 2.45) is 0 Å². The van der Waals surface area contributed by atoms with E-state index in [0.29, 0.717) is 5.56 Å². The van der Waals surface area contributed by atoms with Crippen molar-refractivity contribution in [3.05, 3.63) is 70.8 Å². The summed E-state index contributed by atoms with van der Waals surface area (Å²) in [6, 6.07) is 12.7. The minimum absolute atomic E-state index is 0.0271. The zero-order valence-corrected chi connectivity index (χ0v) is 12.2. The van der Waals surface area contributed by atoms with Crippen molar-refractivity contribution in [3.63, 3.8) is 0 Å². The summed E-state index contributed by atoms with van der Waals surface area (Å²) in [5, 5.41) is 0. The first-order valence-electron chi connectivity index (χ1n) is 6.49. The van der Waals surface area contributed by atoms with Crippen LogP contribution in [0.4, 0.5) is 0 Å². The Bertz CT molecular complexity index is 719. The number of esters is 2. The smallest absolute Gasteiger partial charge is 0.338 e. The van der Waals surface area contributed by atoms with Crippen LogP contribution in [0.25, 0.3) is 0 Å². The van der Waals surface area contributed by atoms with Crippen LogP contribution in [-0.4, -0.2) is 31.9 Å². The van der Waals surface area contributed by atoms with Crippen molar-refractivity contribution in [3.8, 4) is 0 Å². The van der Waals surface area contributed by atoms with Crippen molar-refractivity contribution in [1.29, 1.82) is 0 Å². The van der Waals surface area contributed by atoms with Crippen LogP contribution in [0.2, 0.25) is 0 Å². The van der Waals surface area contributed by atoms with Crippen LogP contribution in [-0.2, 0) is 9.47 Å². The molecule has 0 heterocycles. The lowest BCUT2D eigenvalue weighted by atomic mass is 9.96. The molecule has 0 fully saturated rings. The minimum atomic E-state index is -0.690. The summed E-state index contributed by atoms with van der Waals surface area (Å²) < 4.78 is 9.30. The van der Waals surface area contributed by atoms with Gasteiger partial charge in [-0.15, -0.1) is 0 Å². The van der Waals surface area contributed by atoms with Crippen LogP contribution in [0.15, 0.2) is 48.5 Å². The second-order valence-corrected chi connectivity index (χ2v) is 4.44. The van der Waals surface area contributed by atoms with E-state index in [2.05, 4.69) is 9.47 Å². The molecule has 0 saturated heterocycles. The molecular formula is C17H14O5. The average Bonchev–Trinajstić information content (AvgIpc) is 2.59. The first kappa shape index (κ1) is 15.4. The van der Waals surface area contributed by atoms with Gasteiger partial charge in [0, 0.05) is 11.1 Å². The summed E-state index contributed by atoms with van der Waals surface area (Å²) in [6.07, 6.45) is 0. The largest absolute Gasteiger partial charge is 0.465 e. The van der Waals surface area contributed by atoms with Crippen LogP contribution < -0.4 is 0 Å². The maximum absolute atomic E-state index is 12.5. The number of ketones is 1. The van der Waals surface area contributed by atoms with E-state index >= 15 is 0 Å². The predicted molar refractivity (Wildman–Crippen MR) is 79.0 cm³/mol. The molecule has 112 valence electrons. The standard InChI is InChI=1S/C17H14O5/c1-21-16(19)12-8-9-13(14(10-12)17(20)22-2)15(18)11-6-4-3-5-7-11/h3-10H,1-2H3. The number of carbonyl (C=O) groups excluding carboxylic acids is 3. The number of ether oxygens (including phenoxy) is 2. The van der Waals surface area contributed by atoms with Gasteiger partial charge < -0.3 is 9.47 Å². The molecule has 2 aromatic rings. The van der Waals surface area contributed by atoms with Crippen molar-refractivity contribution in [2.75, 3.05) is 14.2 Å². The Labute approximate surface area is 127 Å². The molecule has 0 spiro atoms. The molecule has 0 aliphatic rings.